The Hall–Kier alpha value is -1.70. The first kappa shape index (κ1) is 23.3. The molecular weight excluding hydrogens is 370 g/mol. The Morgan fingerprint density at radius 3 is 2.59 bits per heavy atom. The number of ether oxygens (including phenoxy) is 3. The van der Waals surface area contributed by atoms with Crippen LogP contribution in [0.2, 0.25) is 0 Å². The Balaban J connectivity index is 2.33. The first-order valence-electron chi connectivity index (χ1n) is 9.17. The molecular formula is C19H31NO6S. The summed E-state index contributed by atoms with van der Waals surface area (Å²) in [5.41, 5.74) is 0.00503. The van der Waals surface area contributed by atoms with Crippen LogP contribution in [0.5, 0.6) is 0 Å². The molecule has 0 spiro atoms. The third-order valence-corrected chi connectivity index (χ3v) is 4.37. The Morgan fingerprint density at radius 2 is 2.04 bits per heavy atom. The normalized spacial score (nSPS) is 17.7. The first-order chi connectivity index (χ1) is 12.6. The molecule has 0 aromatic carbocycles. The molecule has 1 heterocycles. The van der Waals surface area contributed by atoms with Crippen molar-refractivity contribution in [3.05, 3.63) is 11.6 Å². The second kappa shape index (κ2) is 11.2. The fourth-order valence-corrected chi connectivity index (χ4v) is 2.88. The molecule has 0 saturated carbocycles. The third kappa shape index (κ3) is 9.70. The van der Waals surface area contributed by atoms with Crippen LogP contribution in [0.15, 0.2) is 11.6 Å². The van der Waals surface area contributed by atoms with E-state index in [0.29, 0.717) is 30.6 Å². The fraction of sp³-hybridized carbons (Fsp3) is 0.737. The van der Waals surface area contributed by atoms with Crippen molar-refractivity contribution in [2.24, 2.45) is 0 Å². The van der Waals surface area contributed by atoms with Crippen LogP contribution < -0.4 is 5.32 Å². The molecule has 2 atom stereocenters. The highest BCUT2D eigenvalue weighted by atomic mass is 32.2. The van der Waals surface area contributed by atoms with Crippen molar-refractivity contribution in [2.45, 2.75) is 71.1 Å². The molecule has 154 valence electrons. The molecule has 1 unspecified atom stereocenters. The summed E-state index contributed by atoms with van der Waals surface area (Å²) < 4.78 is 15.7. The summed E-state index contributed by atoms with van der Waals surface area (Å²) in [6.07, 6.45) is 5.54. The van der Waals surface area contributed by atoms with Gasteiger partial charge in [0, 0.05) is 5.57 Å². The number of unbranched alkanes of at least 4 members (excludes halogenated alkanes) is 1. The summed E-state index contributed by atoms with van der Waals surface area (Å²) in [5.74, 6) is -0.0110. The Bertz CT molecular complexity index is 555. The molecule has 7 nitrogen and oxygen atoms in total. The molecule has 0 radical (unpaired) electrons. The third-order valence-electron chi connectivity index (χ3n) is 3.73. The van der Waals surface area contributed by atoms with Crippen molar-refractivity contribution in [3.8, 4) is 0 Å². The van der Waals surface area contributed by atoms with Gasteiger partial charge < -0.3 is 19.5 Å². The van der Waals surface area contributed by atoms with E-state index in [1.54, 1.807) is 39.5 Å². The smallest absolute Gasteiger partial charge is 0.408 e. The van der Waals surface area contributed by atoms with Crippen LogP contribution in [0.1, 0.15) is 53.4 Å². The molecule has 0 fully saturated rings. The van der Waals surface area contributed by atoms with E-state index >= 15 is 0 Å². The molecule has 1 rings (SSSR count). The molecule has 1 aliphatic heterocycles. The number of rotatable bonds is 10. The lowest BCUT2D eigenvalue weighted by atomic mass is 10.1. The van der Waals surface area contributed by atoms with Gasteiger partial charge in [0.1, 0.15) is 17.7 Å². The lowest BCUT2D eigenvalue weighted by Gasteiger charge is -2.22. The van der Waals surface area contributed by atoms with Crippen LogP contribution in [-0.2, 0) is 23.8 Å². The summed E-state index contributed by atoms with van der Waals surface area (Å²) in [5, 5.41) is 2.59. The summed E-state index contributed by atoms with van der Waals surface area (Å²) in [6.45, 7) is 7.28. The van der Waals surface area contributed by atoms with Gasteiger partial charge in [-0.25, -0.2) is 14.4 Å². The highest BCUT2D eigenvalue weighted by Gasteiger charge is 2.25. The lowest BCUT2D eigenvalue weighted by molar-refractivity contribution is -0.146. The number of esters is 2. The largest absolute Gasteiger partial charge is 0.464 e. The van der Waals surface area contributed by atoms with E-state index in [9.17, 15) is 14.4 Å². The number of carbonyl (C=O) groups is 3. The SMILES string of the molecule is CSCC[C@H](NC(=O)OC(C)(C)C)C(=O)OCCCCC1C=C(C)C(=O)O1. The number of carbonyl (C=O) groups excluding carboxylic acids is 3. The van der Waals surface area contributed by atoms with Gasteiger partial charge in [-0.2, -0.15) is 11.8 Å². The van der Waals surface area contributed by atoms with Crippen molar-refractivity contribution in [1.29, 1.82) is 0 Å². The highest BCUT2D eigenvalue weighted by molar-refractivity contribution is 7.98. The zero-order valence-electron chi connectivity index (χ0n) is 16.8. The molecule has 8 heteroatoms. The second-order valence-electron chi connectivity index (χ2n) is 7.44. The molecule has 1 aliphatic rings. The standard InChI is InChI=1S/C19H31NO6S/c1-13-12-14(25-16(13)21)8-6-7-10-24-17(22)15(9-11-27-5)20-18(23)26-19(2,3)4/h12,14-15H,6-11H2,1-5H3,(H,20,23)/t14?,15-/m0/s1. The summed E-state index contributed by atoms with van der Waals surface area (Å²) in [6, 6.07) is -0.728. The van der Waals surface area contributed by atoms with Crippen LogP contribution in [0.25, 0.3) is 0 Å². The molecule has 0 bridgehead atoms. The van der Waals surface area contributed by atoms with Gasteiger partial charge in [-0.1, -0.05) is 0 Å². The fourth-order valence-electron chi connectivity index (χ4n) is 2.41. The molecule has 1 amide bonds. The maximum Gasteiger partial charge on any atom is 0.408 e. The average molecular weight is 402 g/mol. The zero-order valence-corrected chi connectivity index (χ0v) is 17.6. The summed E-state index contributed by atoms with van der Waals surface area (Å²) >= 11 is 1.59. The van der Waals surface area contributed by atoms with Gasteiger partial charge in [-0.15, -0.1) is 0 Å². The predicted molar refractivity (Wildman–Crippen MR) is 105 cm³/mol. The monoisotopic (exact) mass is 401 g/mol. The number of amides is 1. The minimum atomic E-state index is -0.728. The van der Waals surface area contributed by atoms with E-state index in [1.807, 2.05) is 12.3 Å². The number of alkyl carbamates (subject to hydrolysis) is 1. The van der Waals surface area contributed by atoms with E-state index in [0.717, 1.165) is 6.42 Å². The van der Waals surface area contributed by atoms with E-state index in [2.05, 4.69) is 5.32 Å². The van der Waals surface area contributed by atoms with Gasteiger partial charge >= 0.3 is 18.0 Å². The minimum absolute atomic E-state index is 0.184. The number of nitrogens with one attached hydrogen (secondary N) is 1. The van der Waals surface area contributed by atoms with Gasteiger partial charge in [-0.3, -0.25) is 0 Å². The van der Waals surface area contributed by atoms with E-state index < -0.39 is 23.7 Å². The molecule has 0 aromatic heterocycles. The number of hydrogen-bond donors (Lipinski definition) is 1. The van der Waals surface area contributed by atoms with Crippen molar-refractivity contribution in [2.75, 3.05) is 18.6 Å². The minimum Gasteiger partial charge on any atom is -0.464 e. The van der Waals surface area contributed by atoms with Crippen molar-refractivity contribution in [1.82, 2.24) is 5.32 Å². The number of hydrogen-bond acceptors (Lipinski definition) is 7. The van der Waals surface area contributed by atoms with Crippen molar-refractivity contribution < 1.29 is 28.6 Å². The van der Waals surface area contributed by atoms with E-state index in [4.69, 9.17) is 14.2 Å². The lowest BCUT2D eigenvalue weighted by Crippen LogP contribution is -2.44. The molecule has 0 aliphatic carbocycles. The summed E-state index contributed by atoms with van der Waals surface area (Å²) in [7, 11) is 0. The van der Waals surface area contributed by atoms with Crippen LogP contribution >= 0.6 is 11.8 Å². The first-order valence-corrected chi connectivity index (χ1v) is 10.6. The Labute approximate surface area is 165 Å². The topological polar surface area (TPSA) is 90.9 Å². The number of cyclic esters (lactones) is 1. The van der Waals surface area contributed by atoms with Crippen LogP contribution in [0.4, 0.5) is 4.79 Å². The van der Waals surface area contributed by atoms with Crippen LogP contribution in [-0.4, -0.2) is 54.4 Å². The van der Waals surface area contributed by atoms with E-state index in [-0.39, 0.29) is 18.7 Å². The Morgan fingerprint density at radius 1 is 1.33 bits per heavy atom. The number of thioether (sulfide) groups is 1. The van der Waals surface area contributed by atoms with Gasteiger partial charge in [0.25, 0.3) is 0 Å². The van der Waals surface area contributed by atoms with E-state index in [1.165, 1.54) is 0 Å². The average Bonchev–Trinajstić information content (AvgIpc) is 2.87. The maximum absolute atomic E-state index is 12.3. The quantitative estimate of drug-likeness (QED) is 0.341. The maximum atomic E-state index is 12.3. The van der Waals surface area contributed by atoms with Crippen molar-refractivity contribution in [3.63, 3.8) is 0 Å². The molecule has 1 N–H and O–H groups in total. The van der Waals surface area contributed by atoms with Gasteiger partial charge in [0.05, 0.1) is 6.61 Å². The van der Waals surface area contributed by atoms with Gasteiger partial charge in [0.2, 0.25) is 0 Å². The highest BCUT2D eigenvalue weighted by Crippen LogP contribution is 2.17. The molecule has 0 aromatic rings. The van der Waals surface area contributed by atoms with Gasteiger partial charge in [0.15, 0.2) is 0 Å². The van der Waals surface area contributed by atoms with Crippen molar-refractivity contribution >= 4 is 29.8 Å². The predicted octanol–water partition coefficient (Wildman–Crippen LogP) is 3.22. The van der Waals surface area contributed by atoms with Gasteiger partial charge in [-0.05, 0) is 71.5 Å². The zero-order chi connectivity index (χ0) is 20.4. The van der Waals surface area contributed by atoms with Crippen LogP contribution in [0, 0.1) is 0 Å². The second-order valence-corrected chi connectivity index (χ2v) is 8.42. The molecule has 0 saturated heterocycles. The summed E-state index contributed by atoms with van der Waals surface area (Å²) in [4.78, 5) is 35.5. The van der Waals surface area contributed by atoms with Crippen LogP contribution in [0.3, 0.4) is 0 Å². The Kier molecular flexibility index (Phi) is 9.69. The molecule has 27 heavy (non-hydrogen) atoms.